The molecule has 2 N–H and O–H groups in total. The molecular formula is C25H20N4O. The average molecular weight is 392 g/mol. The molecule has 0 aliphatic heterocycles. The number of benzene rings is 3. The predicted octanol–water partition coefficient (Wildman–Crippen LogP) is 5.25. The van der Waals surface area contributed by atoms with Crippen LogP contribution in [0.5, 0.6) is 5.75 Å². The van der Waals surface area contributed by atoms with E-state index in [4.69, 9.17) is 10.5 Å². The molecule has 0 radical (unpaired) electrons. The van der Waals surface area contributed by atoms with Crippen molar-refractivity contribution in [3.05, 3.63) is 103 Å². The standard InChI is InChI=1S/C25H20N4O/c26-24-23-22(19-10-5-2-6-11-19)15-29(25(23)28-17-27-24)20-12-7-13-21(14-20)30-16-18-8-3-1-4-9-18/h1-15,17H,16H2,(H2,26,27,28). The Balaban J connectivity index is 1.56. The van der Waals surface area contributed by atoms with E-state index in [-0.39, 0.29) is 0 Å². The Labute approximate surface area is 174 Å². The van der Waals surface area contributed by atoms with Crippen LogP contribution in [0.2, 0.25) is 0 Å². The van der Waals surface area contributed by atoms with E-state index in [0.717, 1.165) is 39.2 Å². The average Bonchev–Trinajstić information content (AvgIpc) is 3.20. The number of rotatable bonds is 5. The molecule has 0 atom stereocenters. The van der Waals surface area contributed by atoms with Crippen molar-refractivity contribution in [1.29, 1.82) is 0 Å². The van der Waals surface area contributed by atoms with Gasteiger partial charge in [0.1, 0.15) is 24.5 Å². The van der Waals surface area contributed by atoms with Crippen molar-refractivity contribution in [2.45, 2.75) is 6.61 Å². The molecule has 146 valence electrons. The van der Waals surface area contributed by atoms with E-state index < -0.39 is 0 Å². The Hall–Kier alpha value is -4.12. The van der Waals surface area contributed by atoms with E-state index in [1.165, 1.54) is 6.33 Å². The van der Waals surface area contributed by atoms with E-state index in [1.807, 2.05) is 65.2 Å². The van der Waals surface area contributed by atoms with Crippen LogP contribution in [0.15, 0.2) is 97.5 Å². The van der Waals surface area contributed by atoms with Gasteiger partial charge in [0, 0.05) is 17.8 Å². The van der Waals surface area contributed by atoms with E-state index in [0.29, 0.717) is 12.4 Å². The van der Waals surface area contributed by atoms with Gasteiger partial charge in [-0.25, -0.2) is 9.97 Å². The maximum atomic E-state index is 6.24. The molecule has 5 rings (SSSR count). The molecule has 0 aliphatic rings. The zero-order chi connectivity index (χ0) is 20.3. The second-order valence-corrected chi connectivity index (χ2v) is 7.01. The molecule has 30 heavy (non-hydrogen) atoms. The van der Waals surface area contributed by atoms with Crippen LogP contribution < -0.4 is 10.5 Å². The molecule has 0 amide bonds. The van der Waals surface area contributed by atoms with Gasteiger partial charge >= 0.3 is 0 Å². The van der Waals surface area contributed by atoms with Crippen molar-refractivity contribution in [3.8, 4) is 22.6 Å². The summed E-state index contributed by atoms with van der Waals surface area (Å²) in [5.74, 6) is 1.26. The fraction of sp³-hybridized carbons (Fsp3) is 0.0400. The number of anilines is 1. The van der Waals surface area contributed by atoms with Crippen molar-refractivity contribution < 1.29 is 4.74 Å². The summed E-state index contributed by atoms with van der Waals surface area (Å²) in [6, 6.07) is 28.2. The minimum Gasteiger partial charge on any atom is -0.489 e. The molecule has 0 saturated heterocycles. The first-order chi connectivity index (χ1) is 14.8. The third-order valence-corrected chi connectivity index (χ3v) is 5.04. The Bertz CT molecular complexity index is 1300. The lowest BCUT2D eigenvalue weighted by atomic mass is 10.1. The minimum absolute atomic E-state index is 0.467. The van der Waals surface area contributed by atoms with Crippen LogP contribution in [0.1, 0.15) is 5.56 Å². The van der Waals surface area contributed by atoms with Gasteiger partial charge in [0.25, 0.3) is 0 Å². The molecular weight excluding hydrogens is 372 g/mol. The topological polar surface area (TPSA) is 66.0 Å². The van der Waals surface area contributed by atoms with Gasteiger partial charge in [-0.1, -0.05) is 66.7 Å². The first kappa shape index (κ1) is 17.9. The lowest BCUT2D eigenvalue weighted by Gasteiger charge is -2.09. The van der Waals surface area contributed by atoms with Gasteiger partial charge in [-0.3, -0.25) is 0 Å². The van der Waals surface area contributed by atoms with Crippen LogP contribution in [-0.4, -0.2) is 14.5 Å². The monoisotopic (exact) mass is 392 g/mol. The highest BCUT2D eigenvalue weighted by Crippen LogP contribution is 2.34. The Morgan fingerprint density at radius 2 is 1.60 bits per heavy atom. The molecule has 5 nitrogen and oxygen atoms in total. The zero-order valence-electron chi connectivity index (χ0n) is 16.3. The number of aromatic nitrogens is 3. The van der Waals surface area contributed by atoms with Crippen LogP contribution in [0.3, 0.4) is 0 Å². The molecule has 5 aromatic rings. The first-order valence-electron chi connectivity index (χ1n) is 9.74. The van der Waals surface area contributed by atoms with Gasteiger partial charge in [-0.2, -0.15) is 0 Å². The number of nitrogens with two attached hydrogens (primary N) is 1. The molecule has 2 aromatic heterocycles. The van der Waals surface area contributed by atoms with E-state index in [2.05, 4.69) is 40.4 Å². The van der Waals surface area contributed by atoms with Crippen molar-refractivity contribution in [3.63, 3.8) is 0 Å². The lowest BCUT2D eigenvalue weighted by molar-refractivity contribution is 0.306. The van der Waals surface area contributed by atoms with Gasteiger partial charge in [-0.05, 0) is 23.3 Å². The number of nitrogen functional groups attached to an aromatic ring is 1. The molecule has 3 aromatic carbocycles. The molecule has 0 aliphatic carbocycles. The number of hydrogen-bond donors (Lipinski definition) is 1. The van der Waals surface area contributed by atoms with Crippen molar-refractivity contribution in [2.75, 3.05) is 5.73 Å². The van der Waals surface area contributed by atoms with E-state index >= 15 is 0 Å². The van der Waals surface area contributed by atoms with Crippen molar-refractivity contribution in [1.82, 2.24) is 14.5 Å². The Morgan fingerprint density at radius 1 is 0.833 bits per heavy atom. The van der Waals surface area contributed by atoms with Crippen LogP contribution in [0.25, 0.3) is 27.8 Å². The van der Waals surface area contributed by atoms with Gasteiger partial charge < -0.3 is 15.0 Å². The number of nitrogens with zero attached hydrogens (tertiary/aromatic N) is 3. The molecule has 0 bridgehead atoms. The fourth-order valence-electron chi connectivity index (χ4n) is 3.58. The highest BCUT2D eigenvalue weighted by atomic mass is 16.5. The van der Waals surface area contributed by atoms with Crippen LogP contribution in [0.4, 0.5) is 5.82 Å². The largest absolute Gasteiger partial charge is 0.489 e. The number of hydrogen-bond acceptors (Lipinski definition) is 4. The normalized spacial score (nSPS) is 10.9. The SMILES string of the molecule is Nc1ncnc2c1c(-c1ccccc1)cn2-c1cccc(OCc2ccccc2)c1. The molecule has 5 heteroatoms. The predicted molar refractivity (Wildman–Crippen MR) is 119 cm³/mol. The second-order valence-electron chi connectivity index (χ2n) is 7.01. The molecule has 0 spiro atoms. The Kier molecular flexibility index (Phi) is 4.62. The van der Waals surface area contributed by atoms with E-state index in [1.54, 1.807) is 0 Å². The third kappa shape index (κ3) is 3.37. The summed E-state index contributed by atoms with van der Waals surface area (Å²) in [6.07, 6.45) is 3.56. The smallest absolute Gasteiger partial charge is 0.150 e. The summed E-state index contributed by atoms with van der Waals surface area (Å²) < 4.78 is 8.04. The molecule has 0 unspecified atom stereocenters. The summed E-state index contributed by atoms with van der Waals surface area (Å²) >= 11 is 0. The maximum Gasteiger partial charge on any atom is 0.150 e. The van der Waals surface area contributed by atoms with Gasteiger partial charge in [-0.15, -0.1) is 0 Å². The summed E-state index contributed by atoms with van der Waals surface area (Å²) in [6.45, 7) is 0.515. The van der Waals surface area contributed by atoms with Crippen molar-refractivity contribution in [2.24, 2.45) is 0 Å². The van der Waals surface area contributed by atoms with Gasteiger partial charge in [0.2, 0.25) is 0 Å². The first-order valence-corrected chi connectivity index (χ1v) is 9.74. The fourth-order valence-corrected chi connectivity index (χ4v) is 3.58. The lowest BCUT2D eigenvalue weighted by Crippen LogP contribution is -1.98. The highest BCUT2D eigenvalue weighted by Gasteiger charge is 2.16. The van der Waals surface area contributed by atoms with Crippen molar-refractivity contribution >= 4 is 16.9 Å². The minimum atomic E-state index is 0.467. The summed E-state index contributed by atoms with van der Waals surface area (Å²) in [5, 5.41) is 0.847. The molecule has 2 heterocycles. The maximum absolute atomic E-state index is 6.24. The van der Waals surface area contributed by atoms with Gasteiger partial charge in [0.15, 0.2) is 5.65 Å². The second kappa shape index (κ2) is 7.72. The summed E-state index contributed by atoms with van der Waals surface area (Å²) in [7, 11) is 0. The van der Waals surface area contributed by atoms with Gasteiger partial charge in [0.05, 0.1) is 11.1 Å². The summed E-state index contributed by atoms with van der Waals surface area (Å²) in [4.78, 5) is 8.73. The number of ether oxygens (including phenoxy) is 1. The molecule has 0 saturated carbocycles. The zero-order valence-corrected chi connectivity index (χ0v) is 16.3. The van der Waals surface area contributed by atoms with Crippen LogP contribution in [0, 0.1) is 0 Å². The third-order valence-electron chi connectivity index (χ3n) is 5.04. The number of fused-ring (bicyclic) bond motifs is 1. The molecule has 0 fully saturated rings. The van der Waals surface area contributed by atoms with Crippen LogP contribution >= 0.6 is 0 Å². The Morgan fingerprint density at radius 3 is 2.40 bits per heavy atom. The van der Waals surface area contributed by atoms with E-state index in [9.17, 15) is 0 Å². The quantitative estimate of drug-likeness (QED) is 0.444. The summed E-state index contributed by atoms with van der Waals surface area (Å²) in [5.41, 5.74) is 11.1. The van der Waals surface area contributed by atoms with Crippen LogP contribution in [-0.2, 0) is 6.61 Å². The highest BCUT2D eigenvalue weighted by molar-refractivity contribution is 6.01.